The monoisotopic (exact) mass is 294 g/mol. The first kappa shape index (κ1) is 20.0. The van der Waals surface area contributed by atoms with E-state index in [1.807, 2.05) is 0 Å². The lowest BCUT2D eigenvalue weighted by Gasteiger charge is -2.10. The summed E-state index contributed by atoms with van der Waals surface area (Å²) in [6, 6.07) is 8.92. The van der Waals surface area contributed by atoms with E-state index in [0.29, 0.717) is 6.04 Å². The number of aryl methyl sites for hydroxylation is 1. The minimum atomic E-state index is -0.247. The van der Waals surface area contributed by atoms with E-state index in [2.05, 4.69) is 55.7 Å². The van der Waals surface area contributed by atoms with Gasteiger partial charge in [0.15, 0.2) is 6.10 Å². The molecule has 5 heteroatoms. The SMILES string of the molecule is Cc1ccc([NH2+]CC(O)C[NH2+]C(C)C)cc1.[Cl-].[Cl-]. The molecule has 0 radical (unpaired) electrons. The molecule has 5 N–H and O–H groups in total. The summed E-state index contributed by atoms with van der Waals surface area (Å²) in [5, 5.41) is 14.0. The zero-order chi connectivity index (χ0) is 12.0. The molecule has 0 spiro atoms. The van der Waals surface area contributed by atoms with Gasteiger partial charge in [0.25, 0.3) is 0 Å². The summed E-state index contributed by atoms with van der Waals surface area (Å²) in [7, 11) is 0. The molecule has 1 rings (SSSR count). The van der Waals surface area contributed by atoms with Crippen LogP contribution in [0.25, 0.3) is 0 Å². The molecule has 0 bridgehead atoms. The Kier molecular flexibility index (Phi) is 11.8. The molecule has 1 aromatic carbocycles. The molecule has 106 valence electrons. The first-order valence-electron chi connectivity index (χ1n) is 5.99. The normalized spacial score (nSPS) is 11.6. The third-order valence-corrected chi connectivity index (χ3v) is 2.58. The number of halogens is 2. The third-order valence-electron chi connectivity index (χ3n) is 2.58. The van der Waals surface area contributed by atoms with Gasteiger partial charge in [0.2, 0.25) is 0 Å². The number of aliphatic hydroxyl groups excluding tert-OH is 1. The predicted molar refractivity (Wildman–Crippen MR) is 65.6 cm³/mol. The van der Waals surface area contributed by atoms with E-state index in [0.717, 1.165) is 13.1 Å². The van der Waals surface area contributed by atoms with Crippen molar-refractivity contribution in [1.82, 2.24) is 0 Å². The van der Waals surface area contributed by atoms with Gasteiger partial charge >= 0.3 is 0 Å². The molecule has 1 atom stereocenters. The fourth-order valence-electron chi connectivity index (χ4n) is 1.50. The minimum Gasteiger partial charge on any atom is -1.00 e. The van der Waals surface area contributed by atoms with E-state index >= 15 is 0 Å². The summed E-state index contributed by atoms with van der Waals surface area (Å²) in [6.45, 7) is 7.86. The van der Waals surface area contributed by atoms with E-state index in [1.165, 1.54) is 11.3 Å². The van der Waals surface area contributed by atoms with Gasteiger partial charge in [0, 0.05) is 0 Å². The Morgan fingerprint density at radius 1 is 1.06 bits per heavy atom. The molecule has 1 unspecified atom stereocenters. The fourth-order valence-corrected chi connectivity index (χ4v) is 1.50. The largest absolute Gasteiger partial charge is 1.00 e. The average Bonchev–Trinajstić information content (AvgIpc) is 2.25. The molecule has 3 nitrogen and oxygen atoms in total. The number of quaternary nitrogens is 2. The summed E-state index contributed by atoms with van der Waals surface area (Å²) >= 11 is 0. The van der Waals surface area contributed by atoms with Crippen molar-refractivity contribution < 1.29 is 40.6 Å². The van der Waals surface area contributed by atoms with Crippen molar-refractivity contribution in [3.8, 4) is 0 Å². The second kappa shape index (κ2) is 10.6. The highest BCUT2D eigenvalue weighted by Crippen LogP contribution is 2.01. The maximum Gasteiger partial charge on any atom is 0.152 e. The lowest BCUT2D eigenvalue weighted by Crippen LogP contribution is -3.00. The standard InChI is InChI=1S/C13H22N2O.2ClH/c1-10(2)14-8-13(16)9-15-12-6-4-11(3)5-7-12;;/h4-7,10,13-16H,8-9H2,1-3H3;2*1H. The molecule has 1 aromatic rings. The number of aliphatic hydroxyl groups is 1. The Morgan fingerprint density at radius 3 is 2.11 bits per heavy atom. The molecule has 0 aliphatic carbocycles. The van der Waals surface area contributed by atoms with Gasteiger partial charge < -0.3 is 40.6 Å². The Bertz CT molecular complexity index is 304. The zero-order valence-electron chi connectivity index (χ0n) is 11.2. The van der Waals surface area contributed by atoms with Crippen LogP contribution in [-0.4, -0.2) is 30.3 Å². The van der Waals surface area contributed by atoms with E-state index in [1.54, 1.807) is 0 Å². The Morgan fingerprint density at radius 2 is 1.61 bits per heavy atom. The second-order valence-corrected chi connectivity index (χ2v) is 4.72. The maximum atomic E-state index is 9.75. The quantitative estimate of drug-likeness (QED) is 0.449. The Balaban J connectivity index is 0. The van der Waals surface area contributed by atoms with E-state index in [-0.39, 0.29) is 30.9 Å². The van der Waals surface area contributed by atoms with Crippen LogP contribution in [0.15, 0.2) is 24.3 Å². The number of benzene rings is 1. The van der Waals surface area contributed by atoms with Crippen LogP contribution < -0.4 is 35.4 Å². The molecule has 18 heavy (non-hydrogen) atoms. The number of nitrogens with two attached hydrogens (primary N) is 2. The van der Waals surface area contributed by atoms with Gasteiger partial charge in [0.1, 0.15) is 18.8 Å². The summed E-state index contributed by atoms with van der Waals surface area (Å²) in [5.74, 6) is 0. The highest BCUT2D eigenvalue weighted by Gasteiger charge is 2.10. The van der Waals surface area contributed by atoms with E-state index < -0.39 is 0 Å². The van der Waals surface area contributed by atoms with Crippen molar-refractivity contribution in [3.63, 3.8) is 0 Å². The van der Waals surface area contributed by atoms with Crippen LogP contribution in [0.5, 0.6) is 0 Å². The lowest BCUT2D eigenvalue weighted by atomic mass is 10.2. The van der Waals surface area contributed by atoms with Crippen molar-refractivity contribution in [3.05, 3.63) is 29.8 Å². The maximum absolute atomic E-state index is 9.75. The lowest BCUT2D eigenvalue weighted by molar-refractivity contribution is -0.695. The van der Waals surface area contributed by atoms with Gasteiger partial charge in [-0.1, -0.05) is 17.7 Å². The van der Waals surface area contributed by atoms with Gasteiger partial charge in [-0.25, -0.2) is 0 Å². The minimum absolute atomic E-state index is 0. The van der Waals surface area contributed by atoms with E-state index in [4.69, 9.17) is 0 Å². The van der Waals surface area contributed by atoms with Gasteiger partial charge in [-0.05, 0) is 32.9 Å². The zero-order valence-corrected chi connectivity index (χ0v) is 12.7. The van der Waals surface area contributed by atoms with Crippen molar-refractivity contribution >= 4 is 5.69 Å². The van der Waals surface area contributed by atoms with Gasteiger partial charge in [-0.3, -0.25) is 0 Å². The van der Waals surface area contributed by atoms with Gasteiger partial charge in [-0.15, -0.1) is 0 Å². The van der Waals surface area contributed by atoms with Crippen molar-refractivity contribution in [2.75, 3.05) is 13.1 Å². The van der Waals surface area contributed by atoms with Crippen LogP contribution in [0.4, 0.5) is 5.69 Å². The van der Waals surface area contributed by atoms with E-state index in [9.17, 15) is 5.11 Å². The molecule has 0 amide bonds. The molecule has 0 aliphatic rings. The smallest absolute Gasteiger partial charge is 0.152 e. The first-order valence-corrected chi connectivity index (χ1v) is 5.99. The van der Waals surface area contributed by atoms with Gasteiger partial charge in [-0.2, -0.15) is 0 Å². The van der Waals surface area contributed by atoms with Gasteiger partial charge in [0.05, 0.1) is 6.04 Å². The highest BCUT2D eigenvalue weighted by molar-refractivity contribution is 5.30. The number of hydrogen-bond acceptors (Lipinski definition) is 1. The molecule has 0 heterocycles. The number of hydrogen-bond donors (Lipinski definition) is 3. The summed E-state index contributed by atoms with van der Waals surface area (Å²) in [4.78, 5) is 0. The average molecular weight is 295 g/mol. The Labute approximate surface area is 122 Å². The second-order valence-electron chi connectivity index (χ2n) is 4.72. The first-order chi connectivity index (χ1) is 7.58. The summed E-state index contributed by atoms with van der Waals surface area (Å²) in [6.07, 6.45) is -0.247. The molecule has 0 saturated carbocycles. The topological polar surface area (TPSA) is 53.5 Å². The van der Waals surface area contributed by atoms with Crippen LogP contribution in [0, 0.1) is 6.92 Å². The third kappa shape index (κ3) is 8.72. The summed E-state index contributed by atoms with van der Waals surface area (Å²) < 4.78 is 0. The Hall–Kier alpha value is -0.320. The molecule has 0 aromatic heterocycles. The predicted octanol–water partition coefficient (Wildman–Crippen LogP) is -6.47. The molecular weight excluding hydrogens is 271 g/mol. The number of rotatable bonds is 6. The summed E-state index contributed by atoms with van der Waals surface area (Å²) in [5.41, 5.74) is 2.46. The van der Waals surface area contributed by atoms with Crippen molar-refractivity contribution in [2.24, 2.45) is 0 Å². The highest BCUT2D eigenvalue weighted by atomic mass is 35.5. The van der Waals surface area contributed by atoms with Crippen molar-refractivity contribution in [1.29, 1.82) is 0 Å². The van der Waals surface area contributed by atoms with Crippen LogP contribution >= 0.6 is 0 Å². The molecule has 0 saturated heterocycles. The molecular formula is C13H24Cl2N2O. The molecule has 0 fully saturated rings. The van der Waals surface area contributed by atoms with Crippen LogP contribution in [0.1, 0.15) is 19.4 Å². The van der Waals surface area contributed by atoms with Crippen LogP contribution in [0.3, 0.4) is 0 Å². The molecule has 0 aliphatic heterocycles. The fraction of sp³-hybridized carbons (Fsp3) is 0.538. The van der Waals surface area contributed by atoms with Crippen LogP contribution in [-0.2, 0) is 0 Å². The van der Waals surface area contributed by atoms with Crippen molar-refractivity contribution in [2.45, 2.75) is 32.9 Å². The van der Waals surface area contributed by atoms with Crippen LogP contribution in [0.2, 0.25) is 0 Å².